The molecule has 0 aliphatic heterocycles. The Labute approximate surface area is 375 Å². The molecule has 0 saturated carbocycles. The molecule has 0 spiro atoms. The summed E-state index contributed by atoms with van der Waals surface area (Å²) in [5, 5.41) is 4.96. The van der Waals surface area contributed by atoms with Gasteiger partial charge in [0, 0.05) is 65.3 Å². The van der Waals surface area contributed by atoms with Crippen LogP contribution in [0.5, 0.6) is 11.5 Å². The molecule has 2 heterocycles. The highest BCUT2D eigenvalue weighted by Crippen LogP contribution is 2.45. The number of thiophene rings is 1. The van der Waals surface area contributed by atoms with Crippen molar-refractivity contribution in [2.24, 2.45) is 0 Å². The van der Waals surface area contributed by atoms with Gasteiger partial charge in [-0.15, -0.1) is 11.3 Å². The number of anilines is 3. The van der Waals surface area contributed by atoms with Crippen molar-refractivity contribution >= 4 is 70.4 Å². The maximum absolute atomic E-state index is 7.01. The third-order valence-corrected chi connectivity index (χ3v) is 13.4. The molecule has 302 valence electrons. The molecule has 0 unspecified atom stereocenters. The Morgan fingerprint density at radius 1 is 0.344 bits per heavy atom. The minimum absolute atomic E-state index is 0.770. The largest absolute Gasteiger partial charge is 0.457 e. The number of hydrogen-bond donors (Lipinski definition) is 0. The third kappa shape index (κ3) is 6.78. The first kappa shape index (κ1) is 37.6. The van der Waals surface area contributed by atoms with Crippen LogP contribution in [-0.4, -0.2) is 4.57 Å². The number of aromatic nitrogens is 1. The summed E-state index contributed by atoms with van der Waals surface area (Å²) >= 11 is 1.84. The third-order valence-electron chi connectivity index (χ3n) is 12.2. The highest BCUT2D eigenvalue weighted by atomic mass is 32.1. The molecular weight excluding hydrogens is 797 g/mol. The summed E-state index contributed by atoms with van der Waals surface area (Å²) in [6.45, 7) is 0. The molecule has 0 fully saturated rings. The quantitative estimate of drug-likeness (QED) is 0.144. The SMILES string of the molecule is c1ccc(-c2cccc(Oc3cc(N(c4cccc(-n5c6ccccc6c6ccccc65)c4)c4ccc5sc6ccc(-c7ccccc7)cc6c5c4)ccc3-c3ccccc3)c2)cc1. The Kier molecular flexibility index (Phi) is 9.36. The Hall–Kier alpha value is -8.18. The number of hydrogen-bond acceptors (Lipinski definition) is 3. The lowest BCUT2D eigenvalue weighted by atomic mass is 10.0. The lowest BCUT2D eigenvalue weighted by molar-refractivity contribution is 0.485. The van der Waals surface area contributed by atoms with Crippen LogP contribution in [0.1, 0.15) is 0 Å². The van der Waals surface area contributed by atoms with E-state index >= 15 is 0 Å². The zero-order chi connectivity index (χ0) is 42.4. The van der Waals surface area contributed by atoms with Gasteiger partial charge >= 0.3 is 0 Å². The van der Waals surface area contributed by atoms with Crippen LogP contribution in [0.25, 0.3) is 81.0 Å². The fraction of sp³-hybridized carbons (Fsp3) is 0. The van der Waals surface area contributed by atoms with Gasteiger partial charge < -0.3 is 14.2 Å². The van der Waals surface area contributed by atoms with E-state index in [-0.39, 0.29) is 0 Å². The summed E-state index contributed by atoms with van der Waals surface area (Å²) in [7, 11) is 0. The maximum atomic E-state index is 7.01. The lowest BCUT2D eigenvalue weighted by Gasteiger charge is -2.27. The van der Waals surface area contributed by atoms with E-state index in [2.05, 4.69) is 240 Å². The van der Waals surface area contributed by atoms with Crippen molar-refractivity contribution < 1.29 is 4.74 Å². The smallest absolute Gasteiger partial charge is 0.137 e. The second kappa shape index (κ2) is 15.9. The molecule has 0 amide bonds. The average Bonchev–Trinajstić information content (AvgIpc) is 3.90. The minimum atomic E-state index is 0.770. The number of fused-ring (bicyclic) bond motifs is 6. The number of rotatable bonds is 9. The second-order valence-electron chi connectivity index (χ2n) is 16.1. The first-order valence-electron chi connectivity index (χ1n) is 21.7. The van der Waals surface area contributed by atoms with Gasteiger partial charge in [0.15, 0.2) is 0 Å². The van der Waals surface area contributed by atoms with E-state index in [4.69, 9.17) is 4.74 Å². The van der Waals surface area contributed by atoms with Crippen LogP contribution in [0.2, 0.25) is 0 Å². The highest BCUT2D eigenvalue weighted by molar-refractivity contribution is 7.25. The van der Waals surface area contributed by atoms with Gasteiger partial charge in [0.25, 0.3) is 0 Å². The molecule has 12 rings (SSSR count). The summed E-state index contributed by atoms with van der Waals surface area (Å²) in [6, 6.07) is 86.7. The minimum Gasteiger partial charge on any atom is -0.457 e. The molecule has 0 radical (unpaired) electrons. The molecule has 0 N–H and O–H groups in total. The zero-order valence-electron chi connectivity index (χ0n) is 34.8. The number of nitrogens with zero attached hydrogens (tertiary/aromatic N) is 2. The molecule has 0 bridgehead atoms. The Morgan fingerprint density at radius 3 is 1.58 bits per heavy atom. The predicted octanol–water partition coefficient (Wildman–Crippen LogP) is 17.4. The number of para-hydroxylation sites is 2. The van der Waals surface area contributed by atoms with E-state index in [1.54, 1.807) is 0 Å². The molecule has 0 atom stereocenters. The van der Waals surface area contributed by atoms with Crippen LogP contribution in [0.3, 0.4) is 0 Å². The van der Waals surface area contributed by atoms with E-state index in [1.165, 1.54) is 53.1 Å². The molecule has 2 aromatic heterocycles. The number of ether oxygens (including phenoxy) is 1. The van der Waals surface area contributed by atoms with Crippen LogP contribution in [-0.2, 0) is 0 Å². The second-order valence-corrected chi connectivity index (χ2v) is 17.2. The van der Waals surface area contributed by atoms with Gasteiger partial charge in [0.05, 0.1) is 11.0 Å². The van der Waals surface area contributed by atoms with Gasteiger partial charge in [-0.3, -0.25) is 0 Å². The van der Waals surface area contributed by atoms with Crippen molar-refractivity contribution in [2.45, 2.75) is 0 Å². The lowest BCUT2D eigenvalue weighted by Crippen LogP contribution is -2.11. The van der Waals surface area contributed by atoms with Crippen LogP contribution in [0.4, 0.5) is 17.1 Å². The van der Waals surface area contributed by atoms with Crippen molar-refractivity contribution in [3.05, 3.63) is 243 Å². The summed E-state index contributed by atoms with van der Waals surface area (Å²) in [6.07, 6.45) is 0. The van der Waals surface area contributed by atoms with Crippen molar-refractivity contribution in [2.75, 3.05) is 4.90 Å². The van der Waals surface area contributed by atoms with Crippen LogP contribution >= 0.6 is 11.3 Å². The van der Waals surface area contributed by atoms with Gasteiger partial charge in [0.2, 0.25) is 0 Å². The van der Waals surface area contributed by atoms with Crippen LogP contribution in [0.15, 0.2) is 243 Å². The normalized spacial score (nSPS) is 11.4. The summed E-state index contributed by atoms with van der Waals surface area (Å²) in [4.78, 5) is 2.38. The summed E-state index contributed by atoms with van der Waals surface area (Å²) in [5.74, 6) is 1.54. The molecule has 0 aliphatic carbocycles. The van der Waals surface area contributed by atoms with Gasteiger partial charge in [-0.25, -0.2) is 0 Å². The van der Waals surface area contributed by atoms with E-state index in [0.717, 1.165) is 56.5 Å². The van der Waals surface area contributed by atoms with Crippen molar-refractivity contribution in [3.8, 4) is 50.6 Å². The van der Waals surface area contributed by atoms with Gasteiger partial charge in [-0.1, -0.05) is 152 Å². The molecule has 0 aliphatic rings. The summed E-state index contributed by atoms with van der Waals surface area (Å²) < 4.78 is 11.9. The Bertz CT molecular complexity index is 3590. The highest BCUT2D eigenvalue weighted by Gasteiger charge is 2.20. The predicted molar refractivity (Wildman–Crippen MR) is 271 cm³/mol. The van der Waals surface area contributed by atoms with E-state index < -0.39 is 0 Å². The fourth-order valence-corrected chi connectivity index (χ4v) is 10.3. The van der Waals surface area contributed by atoms with E-state index in [0.29, 0.717) is 0 Å². The fourth-order valence-electron chi connectivity index (χ4n) is 9.22. The first-order valence-corrected chi connectivity index (χ1v) is 22.5. The molecule has 0 saturated heterocycles. The molecule has 10 aromatic carbocycles. The van der Waals surface area contributed by atoms with Crippen LogP contribution < -0.4 is 9.64 Å². The maximum Gasteiger partial charge on any atom is 0.137 e. The topological polar surface area (TPSA) is 17.4 Å². The number of benzene rings is 10. The molecule has 12 aromatic rings. The molecule has 3 nitrogen and oxygen atoms in total. The van der Waals surface area contributed by atoms with Gasteiger partial charge in [-0.05, 0) is 113 Å². The molecular formula is C60H40N2OS. The zero-order valence-corrected chi connectivity index (χ0v) is 35.6. The molecule has 64 heavy (non-hydrogen) atoms. The van der Waals surface area contributed by atoms with Gasteiger partial charge in [0.1, 0.15) is 11.5 Å². The molecule has 4 heteroatoms. The van der Waals surface area contributed by atoms with Crippen molar-refractivity contribution in [1.29, 1.82) is 0 Å². The van der Waals surface area contributed by atoms with Crippen molar-refractivity contribution in [3.63, 3.8) is 0 Å². The average molecular weight is 837 g/mol. The Balaban J connectivity index is 1.06. The van der Waals surface area contributed by atoms with E-state index in [1.807, 2.05) is 23.5 Å². The van der Waals surface area contributed by atoms with Gasteiger partial charge in [-0.2, -0.15) is 0 Å². The summed E-state index contributed by atoms with van der Waals surface area (Å²) in [5.41, 5.74) is 13.3. The standard InChI is InChI=1S/C60H40N2OS/c1-4-16-41(17-5-1)44-22-14-25-50(36-44)63-58-40-49(31-33-51(58)43-20-8-3-9-21-43)61(46-23-15-24-47(38-46)62-56-28-12-10-26-52(56)53-27-11-13-29-57(53)62)48-32-35-60-55(39-48)54-37-45(30-34-59(54)64-60)42-18-6-2-7-19-42/h1-40H. The monoisotopic (exact) mass is 836 g/mol. The first-order chi connectivity index (χ1) is 31.7. The Morgan fingerprint density at radius 2 is 0.875 bits per heavy atom. The van der Waals surface area contributed by atoms with Crippen LogP contribution in [0, 0.1) is 0 Å². The van der Waals surface area contributed by atoms with E-state index in [9.17, 15) is 0 Å². The van der Waals surface area contributed by atoms with Crippen molar-refractivity contribution in [1.82, 2.24) is 4.57 Å².